The third-order valence-electron chi connectivity index (χ3n) is 1.42. The van der Waals surface area contributed by atoms with Gasteiger partial charge in [0.1, 0.15) is 5.82 Å². The summed E-state index contributed by atoms with van der Waals surface area (Å²) in [4.78, 5) is 13.5. The van der Waals surface area contributed by atoms with E-state index in [1.165, 1.54) is 0 Å². The Hall–Kier alpha value is -1.56. The number of nitrogens with zero attached hydrogens (tertiary/aromatic N) is 2. The predicted octanol–water partition coefficient (Wildman–Crippen LogP) is 1.27. The molecule has 1 aromatic rings. The third kappa shape index (κ3) is 1.78. The maximum Gasteiger partial charge on any atom is 0.312 e. The minimum absolute atomic E-state index is 0.154. The lowest BCUT2D eigenvalue weighted by atomic mass is 10.4. The fourth-order valence-corrected chi connectivity index (χ4v) is 1.06. The minimum Gasteiger partial charge on any atom is -0.378 e. The summed E-state index contributed by atoms with van der Waals surface area (Å²) in [6.07, 6.45) is 0. The van der Waals surface area contributed by atoms with Crippen LogP contribution >= 0.6 is 11.6 Å². The van der Waals surface area contributed by atoms with Crippen molar-refractivity contribution in [2.24, 2.45) is 0 Å². The Morgan fingerprint density at radius 1 is 1.77 bits per heavy atom. The van der Waals surface area contributed by atoms with Crippen molar-refractivity contribution >= 4 is 28.9 Å². The van der Waals surface area contributed by atoms with E-state index in [1.807, 2.05) is 0 Å². The lowest BCUT2D eigenvalue weighted by molar-refractivity contribution is -0.384. The number of rotatable bonds is 2. The predicted molar refractivity (Wildman–Crippen MR) is 49.9 cm³/mol. The van der Waals surface area contributed by atoms with Gasteiger partial charge < -0.3 is 11.1 Å². The standard InChI is InChI=1S/C6H7ClN4O2/c1-9-6-3(7)2-4(11(12)13)5(8)10-6/h2H,1H3,(H3,8,9,10). The Morgan fingerprint density at radius 2 is 2.38 bits per heavy atom. The van der Waals surface area contributed by atoms with E-state index in [-0.39, 0.29) is 16.5 Å². The molecule has 0 aliphatic rings. The molecule has 0 atom stereocenters. The second kappa shape index (κ2) is 3.44. The molecule has 0 radical (unpaired) electrons. The summed E-state index contributed by atoms with van der Waals surface area (Å²) in [7, 11) is 1.60. The second-order valence-corrected chi connectivity index (χ2v) is 2.64. The van der Waals surface area contributed by atoms with Gasteiger partial charge in [-0.15, -0.1) is 0 Å². The smallest absolute Gasteiger partial charge is 0.312 e. The van der Waals surface area contributed by atoms with Crippen molar-refractivity contribution in [2.45, 2.75) is 0 Å². The molecule has 0 fully saturated rings. The van der Waals surface area contributed by atoms with Crippen LogP contribution < -0.4 is 11.1 Å². The van der Waals surface area contributed by atoms with Crippen LogP contribution in [0.1, 0.15) is 0 Å². The van der Waals surface area contributed by atoms with Crippen LogP contribution in [-0.4, -0.2) is 17.0 Å². The molecule has 70 valence electrons. The molecule has 0 spiro atoms. The Bertz CT molecular complexity index is 355. The molecule has 1 aromatic heterocycles. The normalized spacial score (nSPS) is 9.69. The third-order valence-corrected chi connectivity index (χ3v) is 1.71. The van der Waals surface area contributed by atoms with E-state index in [0.29, 0.717) is 5.82 Å². The van der Waals surface area contributed by atoms with Crippen LogP contribution in [-0.2, 0) is 0 Å². The lowest BCUT2D eigenvalue weighted by Gasteiger charge is -2.03. The van der Waals surface area contributed by atoms with Crippen LogP contribution in [0.5, 0.6) is 0 Å². The summed E-state index contributed by atoms with van der Waals surface area (Å²) >= 11 is 5.66. The van der Waals surface area contributed by atoms with Crippen LogP contribution in [0.2, 0.25) is 5.02 Å². The number of pyridine rings is 1. The summed E-state index contributed by atoms with van der Waals surface area (Å²) in [5.74, 6) is 0.170. The molecule has 1 rings (SSSR count). The van der Waals surface area contributed by atoms with Crippen molar-refractivity contribution in [3.05, 3.63) is 21.2 Å². The molecule has 3 N–H and O–H groups in total. The molecular formula is C6H7ClN4O2. The molecule has 0 unspecified atom stereocenters. The number of nitrogen functional groups attached to an aromatic ring is 1. The number of hydrogen-bond donors (Lipinski definition) is 2. The molecular weight excluding hydrogens is 196 g/mol. The zero-order valence-corrected chi connectivity index (χ0v) is 7.50. The molecule has 0 aromatic carbocycles. The van der Waals surface area contributed by atoms with Gasteiger partial charge in [-0.2, -0.15) is 0 Å². The topological polar surface area (TPSA) is 94.1 Å². The molecule has 6 nitrogen and oxygen atoms in total. The van der Waals surface area contributed by atoms with Crippen LogP contribution in [0.15, 0.2) is 6.07 Å². The quantitative estimate of drug-likeness (QED) is 0.556. The molecule has 0 saturated heterocycles. The summed E-state index contributed by atoms with van der Waals surface area (Å²) in [5.41, 5.74) is 5.03. The number of nitrogens with one attached hydrogen (secondary N) is 1. The number of anilines is 2. The number of nitrogens with two attached hydrogens (primary N) is 1. The molecule has 0 saturated carbocycles. The van der Waals surface area contributed by atoms with Gasteiger partial charge >= 0.3 is 5.69 Å². The molecule has 1 heterocycles. The minimum atomic E-state index is -0.631. The molecule has 0 aliphatic carbocycles. The van der Waals surface area contributed by atoms with E-state index in [9.17, 15) is 10.1 Å². The van der Waals surface area contributed by atoms with Crippen LogP contribution in [0.25, 0.3) is 0 Å². The zero-order chi connectivity index (χ0) is 10.0. The van der Waals surface area contributed by atoms with Crippen LogP contribution in [0, 0.1) is 10.1 Å². The largest absolute Gasteiger partial charge is 0.378 e. The summed E-state index contributed by atoms with van der Waals surface area (Å²) in [5, 5.41) is 13.2. The van der Waals surface area contributed by atoms with Gasteiger partial charge in [-0.3, -0.25) is 10.1 Å². The highest BCUT2D eigenvalue weighted by atomic mass is 35.5. The van der Waals surface area contributed by atoms with E-state index in [4.69, 9.17) is 17.3 Å². The summed E-state index contributed by atoms with van der Waals surface area (Å²) < 4.78 is 0. The number of halogens is 1. The van der Waals surface area contributed by atoms with E-state index in [1.54, 1.807) is 7.05 Å². The van der Waals surface area contributed by atoms with Gasteiger partial charge in [0, 0.05) is 13.1 Å². The van der Waals surface area contributed by atoms with Crippen molar-refractivity contribution in [3.63, 3.8) is 0 Å². The van der Waals surface area contributed by atoms with Crippen molar-refractivity contribution in [2.75, 3.05) is 18.1 Å². The lowest BCUT2D eigenvalue weighted by Crippen LogP contribution is -2.02. The molecule has 0 bridgehead atoms. The van der Waals surface area contributed by atoms with Crippen molar-refractivity contribution < 1.29 is 4.92 Å². The van der Waals surface area contributed by atoms with Gasteiger partial charge in [-0.1, -0.05) is 11.6 Å². The fourth-order valence-electron chi connectivity index (χ4n) is 0.815. The molecule has 0 aliphatic heterocycles. The maximum absolute atomic E-state index is 10.4. The van der Waals surface area contributed by atoms with Gasteiger partial charge in [-0.05, 0) is 0 Å². The highest BCUT2D eigenvalue weighted by Gasteiger charge is 2.15. The SMILES string of the molecule is CNc1nc(N)c([N+](=O)[O-])cc1Cl. The average Bonchev–Trinajstić information content (AvgIpc) is 2.07. The van der Waals surface area contributed by atoms with Gasteiger partial charge in [0.15, 0.2) is 0 Å². The van der Waals surface area contributed by atoms with Gasteiger partial charge in [0.05, 0.1) is 9.95 Å². The Labute approximate surface area is 78.9 Å². The van der Waals surface area contributed by atoms with Crippen molar-refractivity contribution in [1.29, 1.82) is 0 Å². The molecule has 7 heteroatoms. The first kappa shape index (κ1) is 9.53. The Kier molecular flexibility index (Phi) is 2.52. The second-order valence-electron chi connectivity index (χ2n) is 2.23. The first-order valence-corrected chi connectivity index (χ1v) is 3.72. The summed E-state index contributed by atoms with van der Waals surface area (Å²) in [6.45, 7) is 0. The zero-order valence-electron chi connectivity index (χ0n) is 6.74. The van der Waals surface area contributed by atoms with E-state index in [0.717, 1.165) is 6.07 Å². The van der Waals surface area contributed by atoms with Crippen LogP contribution in [0.4, 0.5) is 17.3 Å². The molecule has 0 amide bonds. The molecule has 13 heavy (non-hydrogen) atoms. The number of nitro groups is 1. The Balaban J connectivity index is 3.28. The van der Waals surface area contributed by atoms with E-state index < -0.39 is 4.92 Å². The highest BCUT2D eigenvalue weighted by Crippen LogP contribution is 2.28. The first-order valence-electron chi connectivity index (χ1n) is 3.34. The van der Waals surface area contributed by atoms with Gasteiger partial charge in [-0.25, -0.2) is 4.98 Å². The monoisotopic (exact) mass is 202 g/mol. The van der Waals surface area contributed by atoms with Crippen molar-refractivity contribution in [3.8, 4) is 0 Å². The van der Waals surface area contributed by atoms with Crippen molar-refractivity contribution in [1.82, 2.24) is 4.98 Å². The fraction of sp³-hybridized carbons (Fsp3) is 0.167. The first-order chi connectivity index (χ1) is 6.06. The average molecular weight is 203 g/mol. The van der Waals surface area contributed by atoms with Crippen LogP contribution in [0.3, 0.4) is 0 Å². The van der Waals surface area contributed by atoms with Gasteiger partial charge in [0.25, 0.3) is 0 Å². The number of aromatic nitrogens is 1. The highest BCUT2D eigenvalue weighted by molar-refractivity contribution is 6.33. The Morgan fingerprint density at radius 3 is 2.85 bits per heavy atom. The van der Waals surface area contributed by atoms with E-state index in [2.05, 4.69) is 10.3 Å². The number of hydrogen-bond acceptors (Lipinski definition) is 5. The summed E-state index contributed by atoms with van der Waals surface area (Å²) in [6, 6.07) is 1.16. The van der Waals surface area contributed by atoms with E-state index >= 15 is 0 Å². The maximum atomic E-state index is 10.4. The van der Waals surface area contributed by atoms with Gasteiger partial charge in [0.2, 0.25) is 5.82 Å².